The molecule has 0 saturated carbocycles. The molecule has 0 aliphatic heterocycles. The number of nitrogens with zero attached hydrogens (tertiary/aromatic N) is 1. The van der Waals surface area contributed by atoms with Gasteiger partial charge in [0.25, 0.3) is 0 Å². The zero-order valence-electron chi connectivity index (χ0n) is 9.15. The van der Waals surface area contributed by atoms with E-state index in [0.29, 0.717) is 10.2 Å². The number of hydrogen-bond acceptors (Lipinski definition) is 2. The largest absolute Gasteiger partial charge is 0.758 e. The third kappa shape index (κ3) is 1.45. The molecule has 0 spiro atoms. The number of rotatable bonds is 1. The fourth-order valence-corrected chi connectivity index (χ4v) is 3.31. The lowest BCUT2D eigenvalue weighted by molar-refractivity contribution is 1.03. The van der Waals surface area contributed by atoms with E-state index < -0.39 is 0 Å². The van der Waals surface area contributed by atoms with Crippen LogP contribution in [0.5, 0.6) is 0 Å². The van der Waals surface area contributed by atoms with Gasteiger partial charge in [-0.1, -0.05) is 47.5 Å². The molecule has 2 bridgehead atoms. The van der Waals surface area contributed by atoms with Crippen LogP contribution >= 0.6 is 23.2 Å². The molecule has 0 heterocycles. The second-order valence-corrected chi connectivity index (χ2v) is 5.28. The van der Waals surface area contributed by atoms with Gasteiger partial charge in [0.15, 0.2) is 0 Å². The van der Waals surface area contributed by atoms with Crippen molar-refractivity contribution in [1.82, 2.24) is 0 Å². The highest BCUT2D eigenvalue weighted by Crippen LogP contribution is 2.57. The van der Waals surface area contributed by atoms with Gasteiger partial charge in [0, 0.05) is 17.5 Å². The van der Waals surface area contributed by atoms with Crippen molar-refractivity contribution in [3.63, 3.8) is 0 Å². The molecule has 0 amide bonds. The topological polar surface area (TPSA) is 26.3 Å². The Bertz CT molecular complexity index is 544. The summed E-state index contributed by atoms with van der Waals surface area (Å²) in [5.74, 6) is 0.201. The normalized spacial score (nSPS) is 24.1. The SMILES string of the molecule is CN([O-])c1cccc2c1C1C=CC2C1=C(Cl)Cl. The summed E-state index contributed by atoms with van der Waals surface area (Å²) in [5, 5.41) is 12.5. The van der Waals surface area contributed by atoms with Crippen LogP contribution in [-0.4, -0.2) is 7.05 Å². The van der Waals surface area contributed by atoms with E-state index in [0.717, 1.165) is 21.8 Å². The summed E-state index contributed by atoms with van der Waals surface area (Å²) in [6.45, 7) is 0. The van der Waals surface area contributed by atoms with Crippen molar-refractivity contribution in [3.8, 4) is 0 Å². The Morgan fingerprint density at radius 1 is 1.24 bits per heavy atom. The Balaban J connectivity index is 2.24. The molecule has 0 saturated heterocycles. The van der Waals surface area contributed by atoms with Crippen LogP contribution in [0.15, 0.2) is 40.4 Å². The van der Waals surface area contributed by atoms with E-state index in [1.165, 1.54) is 7.05 Å². The van der Waals surface area contributed by atoms with Crippen LogP contribution in [0.3, 0.4) is 0 Å². The monoisotopic (exact) mass is 266 g/mol. The summed E-state index contributed by atoms with van der Waals surface area (Å²) < 4.78 is 0.320. The first kappa shape index (κ1) is 11.1. The van der Waals surface area contributed by atoms with E-state index >= 15 is 0 Å². The van der Waals surface area contributed by atoms with Crippen molar-refractivity contribution in [2.24, 2.45) is 0 Å². The smallest absolute Gasteiger partial charge is 0.107 e. The maximum absolute atomic E-state index is 11.6. The minimum atomic E-state index is 0.0626. The lowest BCUT2D eigenvalue weighted by atomic mass is 9.95. The van der Waals surface area contributed by atoms with E-state index in [2.05, 4.69) is 12.2 Å². The fraction of sp³-hybridized carbons (Fsp3) is 0.231. The summed E-state index contributed by atoms with van der Waals surface area (Å²) in [5.41, 5.74) is 3.89. The van der Waals surface area contributed by atoms with Crippen LogP contribution < -0.4 is 5.06 Å². The van der Waals surface area contributed by atoms with E-state index in [9.17, 15) is 5.21 Å². The maximum Gasteiger partial charge on any atom is 0.107 e. The lowest BCUT2D eigenvalue weighted by Gasteiger charge is -2.29. The minimum absolute atomic E-state index is 0.0626. The molecule has 1 aromatic rings. The van der Waals surface area contributed by atoms with Crippen LogP contribution in [0.4, 0.5) is 5.69 Å². The van der Waals surface area contributed by atoms with Gasteiger partial charge in [0.2, 0.25) is 0 Å². The molecule has 2 aliphatic rings. The summed E-state index contributed by atoms with van der Waals surface area (Å²) in [6, 6.07) is 5.77. The van der Waals surface area contributed by atoms with Gasteiger partial charge in [-0.2, -0.15) is 0 Å². The number of hydroxylamine groups is 1. The predicted molar refractivity (Wildman–Crippen MR) is 71.6 cm³/mol. The molecule has 2 nitrogen and oxygen atoms in total. The molecule has 17 heavy (non-hydrogen) atoms. The summed E-state index contributed by atoms with van der Waals surface area (Å²) >= 11 is 11.9. The van der Waals surface area contributed by atoms with Crippen LogP contribution in [0, 0.1) is 5.21 Å². The Hall–Kier alpha value is -0.960. The van der Waals surface area contributed by atoms with Gasteiger partial charge >= 0.3 is 0 Å². The molecule has 3 rings (SSSR count). The average molecular weight is 267 g/mol. The highest BCUT2D eigenvalue weighted by Gasteiger charge is 2.40. The Labute approximate surface area is 110 Å². The quantitative estimate of drug-likeness (QED) is 0.566. The Kier molecular flexibility index (Phi) is 2.47. The zero-order chi connectivity index (χ0) is 12.2. The van der Waals surface area contributed by atoms with Crippen molar-refractivity contribution in [2.75, 3.05) is 12.1 Å². The van der Waals surface area contributed by atoms with E-state index in [1.807, 2.05) is 18.2 Å². The van der Waals surface area contributed by atoms with Gasteiger partial charge in [-0.3, -0.25) is 0 Å². The number of hydrogen-bond donors (Lipinski definition) is 0. The second kappa shape index (κ2) is 3.77. The van der Waals surface area contributed by atoms with Crippen LogP contribution in [0.1, 0.15) is 23.0 Å². The van der Waals surface area contributed by atoms with Crippen LogP contribution in [0.2, 0.25) is 0 Å². The first-order valence-electron chi connectivity index (χ1n) is 5.38. The standard InChI is InChI=1S/C13H10Cl2NO/c1-16(17)10-4-2-3-7-8-5-6-9(11(7)10)12(8)13(14)15/h2-6,8-9H,1H3/q-1. The molecule has 88 valence electrons. The second-order valence-electron chi connectivity index (χ2n) is 4.33. The molecule has 0 N–H and O–H groups in total. The van der Waals surface area contributed by atoms with E-state index in [4.69, 9.17) is 23.2 Å². The maximum atomic E-state index is 11.6. The minimum Gasteiger partial charge on any atom is -0.758 e. The summed E-state index contributed by atoms with van der Waals surface area (Å²) in [6.07, 6.45) is 4.17. The summed E-state index contributed by atoms with van der Waals surface area (Å²) in [4.78, 5) is 0. The van der Waals surface area contributed by atoms with Gasteiger partial charge < -0.3 is 10.3 Å². The van der Waals surface area contributed by atoms with Crippen molar-refractivity contribution in [1.29, 1.82) is 0 Å². The third-order valence-corrected chi connectivity index (χ3v) is 3.92. The lowest BCUT2D eigenvalue weighted by Crippen LogP contribution is -2.10. The summed E-state index contributed by atoms with van der Waals surface area (Å²) in [7, 11) is 1.51. The molecule has 2 atom stereocenters. The molecule has 0 radical (unpaired) electrons. The Morgan fingerprint density at radius 3 is 2.59 bits per heavy atom. The number of benzene rings is 1. The van der Waals surface area contributed by atoms with Gasteiger partial charge in [-0.25, -0.2) is 0 Å². The fourth-order valence-electron chi connectivity index (χ4n) is 2.84. The molecule has 4 heteroatoms. The molecule has 0 fully saturated rings. The number of halogens is 2. The molecule has 2 aliphatic carbocycles. The van der Waals surface area contributed by atoms with E-state index in [-0.39, 0.29) is 11.8 Å². The number of allylic oxidation sites excluding steroid dienone is 3. The molecular weight excluding hydrogens is 257 g/mol. The number of fused-ring (bicyclic) bond motifs is 5. The van der Waals surface area contributed by atoms with Crippen molar-refractivity contribution in [3.05, 3.63) is 56.7 Å². The molecule has 0 aromatic heterocycles. The van der Waals surface area contributed by atoms with Crippen LogP contribution in [-0.2, 0) is 0 Å². The molecule has 1 aromatic carbocycles. The van der Waals surface area contributed by atoms with Crippen molar-refractivity contribution >= 4 is 28.9 Å². The van der Waals surface area contributed by atoms with E-state index in [1.54, 1.807) is 0 Å². The molecule has 2 unspecified atom stereocenters. The third-order valence-electron chi connectivity index (χ3n) is 3.49. The Morgan fingerprint density at radius 2 is 1.94 bits per heavy atom. The zero-order valence-corrected chi connectivity index (χ0v) is 10.7. The highest BCUT2D eigenvalue weighted by molar-refractivity contribution is 6.56. The van der Waals surface area contributed by atoms with Gasteiger partial charge in [0.1, 0.15) is 4.49 Å². The first-order chi connectivity index (χ1) is 8.11. The van der Waals surface area contributed by atoms with Crippen molar-refractivity contribution in [2.45, 2.75) is 11.8 Å². The first-order valence-corrected chi connectivity index (χ1v) is 6.14. The predicted octanol–water partition coefficient (Wildman–Crippen LogP) is 4.06. The van der Waals surface area contributed by atoms with Gasteiger partial charge in [-0.05, 0) is 29.8 Å². The van der Waals surface area contributed by atoms with Crippen molar-refractivity contribution < 1.29 is 0 Å². The van der Waals surface area contributed by atoms with Crippen LogP contribution in [0.25, 0.3) is 0 Å². The average Bonchev–Trinajstić information content (AvgIpc) is 2.84. The number of anilines is 1. The van der Waals surface area contributed by atoms with Gasteiger partial charge in [-0.15, -0.1) is 0 Å². The van der Waals surface area contributed by atoms with Gasteiger partial charge in [0.05, 0.1) is 0 Å². The molecular formula is C13H10Cl2NO-. The highest BCUT2D eigenvalue weighted by atomic mass is 35.5.